The quantitative estimate of drug-likeness (QED) is 0.866. The van der Waals surface area contributed by atoms with Gasteiger partial charge in [0.25, 0.3) is 0 Å². The van der Waals surface area contributed by atoms with Crippen LogP contribution in [0.1, 0.15) is 39.8 Å². The van der Waals surface area contributed by atoms with Gasteiger partial charge in [-0.2, -0.15) is 0 Å². The first-order chi connectivity index (χ1) is 9.26. The smallest absolute Gasteiger partial charge is 0.407 e. The largest absolute Gasteiger partial charge is 0.444 e. The van der Waals surface area contributed by atoms with Crippen molar-refractivity contribution >= 4 is 12.0 Å². The summed E-state index contributed by atoms with van der Waals surface area (Å²) in [4.78, 5) is 19.9. The second-order valence-electron chi connectivity index (χ2n) is 5.78. The lowest BCUT2D eigenvalue weighted by Crippen LogP contribution is -2.38. The summed E-state index contributed by atoms with van der Waals surface area (Å²) >= 11 is 0. The van der Waals surface area contributed by atoms with Crippen LogP contribution in [0.3, 0.4) is 0 Å². The second-order valence-corrected chi connectivity index (χ2v) is 5.78. The van der Waals surface area contributed by atoms with Crippen LogP contribution in [0.2, 0.25) is 0 Å². The molecule has 0 fully saturated rings. The van der Waals surface area contributed by atoms with Gasteiger partial charge < -0.3 is 15.4 Å². The van der Waals surface area contributed by atoms with Gasteiger partial charge in [0.15, 0.2) is 0 Å². The van der Waals surface area contributed by atoms with Crippen molar-refractivity contribution in [2.75, 3.05) is 11.9 Å². The van der Waals surface area contributed by atoms with Gasteiger partial charge in [-0.3, -0.25) is 0 Å². The third kappa shape index (κ3) is 6.92. The third-order valence-corrected chi connectivity index (χ3v) is 2.42. The number of amides is 1. The molecule has 0 aliphatic heterocycles. The fraction of sp³-hybridized carbons (Fsp3) is 0.643. The number of aryl methyl sites for hydroxylation is 1. The lowest BCUT2D eigenvalue weighted by atomic mass is 10.2. The van der Waals surface area contributed by atoms with E-state index in [0.717, 1.165) is 12.1 Å². The predicted octanol–water partition coefficient (Wildman–Crippen LogP) is 2.50. The summed E-state index contributed by atoms with van der Waals surface area (Å²) in [7, 11) is 0. The molecule has 0 aliphatic rings. The van der Waals surface area contributed by atoms with Crippen molar-refractivity contribution in [2.24, 2.45) is 0 Å². The van der Waals surface area contributed by atoms with Crippen molar-refractivity contribution in [2.45, 2.75) is 52.7 Å². The number of carbonyl (C=O) groups is 1. The summed E-state index contributed by atoms with van der Waals surface area (Å²) in [6.07, 6.45) is 2.08. The Balaban J connectivity index is 2.26. The highest BCUT2D eigenvalue weighted by Gasteiger charge is 2.17. The Morgan fingerprint density at radius 3 is 2.75 bits per heavy atom. The van der Waals surface area contributed by atoms with Gasteiger partial charge in [0.2, 0.25) is 5.95 Å². The monoisotopic (exact) mass is 280 g/mol. The summed E-state index contributed by atoms with van der Waals surface area (Å²) in [6.45, 7) is 10.1. The van der Waals surface area contributed by atoms with Crippen molar-refractivity contribution in [1.82, 2.24) is 15.3 Å². The van der Waals surface area contributed by atoms with E-state index in [0.29, 0.717) is 12.5 Å². The van der Waals surface area contributed by atoms with Crippen LogP contribution >= 0.6 is 0 Å². The topological polar surface area (TPSA) is 76.1 Å². The Labute approximate surface area is 120 Å². The van der Waals surface area contributed by atoms with Crippen LogP contribution in [0.4, 0.5) is 10.7 Å². The number of hydrogen-bond donors (Lipinski definition) is 2. The fourth-order valence-corrected chi connectivity index (χ4v) is 1.52. The molecule has 1 heterocycles. The van der Waals surface area contributed by atoms with E-state index in [4.69, 9.17) is 4.74 Å². The Morgan fingerprint density at radius 2 is 2.15 bits per heavy atom. The first-order valence-corrected chi connectivity index (χ1v) is 6.79. The fourth-order valence-electron chi connectivity index (χ4n) is 1.52. The Bertz CT molecular complexity index is 443. The van der Waals surface area contributed by atoms with Gasteiger partial charge in [0.05, 0.1) is 0 Å². The number of alkyl carbamates (subject to hydrolysis) is 1. The summed E-state index contributed by atoms with van der Waals surface area (Å²) in [5.74, 6) is 0.606. The van der Waals surface area contributed by atoms with E-state index in [9.17, 15) is 4.79 Å². The lowest BCUT2D eigenvalue weighted by Gasteiger charge is -2.22. The van der Waals surface area contributed by atoms with Crippen molar-refractivity contribution in [3.8, 4) is 0 Å². The predicted molar refractivity (Wildman–Crippen MR) is 78.7 cm³/mol. The van der Waals surface area contributed by atoms with Crippen LogP contribution in [-0.2, 0) is 4.74 Å². The maximum Gasteiger partial charge on any atom is 0.407 e. The first kappa shape index (κ1) is 16.2. The number of aromatic nitrogens is 2. The molecule has 6 heteroatoms. The third-order valence-electron chi connectivity index (χ3n) is 2.42. The van der Waals surface area contributed by atoms with E-state index in [1.54, 1.807) is 6.20 Å². The van der Waals surface area contributed by atoms with E-state index in [1.807, 2.05) is 40.7 Å². The number of carbonyl (C=O) groups excluding carboxylic acids is 1. The highest BCUT2D eigenvalue weighted by atomic mass is 16.6. The molecule has 0 saturated carbocycles. The van der Waals surface area contributed by atoms with Gasteiger partial charge in [-0.25, -0.2) is 14.8 Å². The average Bonchev–Trinajstić information content (AvgIpc) is 2.25. The molecule has 1 atom stereocenters. The van der Waals surface area contributed by atoms with Crippen LogP contribution in [0.15, 0.2) is 12.3 Å². The standard InChI is InChI=1S/C14H24N4O2/c1-10-6-8-15-12(17-10)16-9-7-11(2)18-13(19)20-14(3,4)5/h6,8,11H,7,9H2,1-5H3,(H,18,19)(H,15,16,17). The van der Waals surface area contributed by atoms with Gasteiger partial charge in [0.1, 0.15) is 5.60 Å². The number of anilines is 1. The molecule has 1 aromatic rings. The van der Waals surface area contributed by atoms with E-state index < -0.39 is 11.7 Å². The minimum Gasteiger partial charge on any atom is -0.444 e. The number of rotatable bonds is 5. The number of nitrogens with one attached hydrogen (secondary N) is 2. The first-order valence-electron chi connectivity index (χ1n) is 6.79. The van der Waals surface area contributed by atoms with Crippen LogP contribution in [0.25, 0.3) is 0 Å². The van der Waals surface area contributed by atoms with Crippen molar-refractivity contribution in [3.05, 3.63) is 18.0 Å². The molecular formula is C14H24N4O2. The zero-order valence-corrected chi connectivity index (χ0v) is 12.9. The van der Waals surface area contributed by atoms with Crippen molar-refractivity contribution < 1.29 is 9.53 Å². The van der Waals surface area contributed by atoms with Crippen LogP contribution in [-0.4, -0.2) is 34.2 Å². The number of nitrogens with zero attached hydrogens (tertiary/aromatic N) is 2. The van der Waals surface area contributed by atoms with E-state index in [-0.39, 0.29) is 6.04 Å². The van der Waals surface area contributed by atoms with Gasteiger partial charge in [0, 0.05) is 24.5 Å². The summed E-state index contributed by atoms with van der Waals surface area (Å²) in [6, 6.07) is 1.86. The van der Waals surface area contributed by atoms with Gasteiger partial charge >= 0.3 is 6.09 Å². The van der Waals surface area contributed by atoms with E-state index >= 15 is 0 Å². The summed E-state index contributed by atoms with van der Waals surface area (Å²) in [5, 5.41) is 5.92. The Morgan fingerprint density at radius 1 is 1.45 bits per heavy atom. The highest BCUT2D eigenvalue weighted by molar-refractivity contribution is 5.68. The molecule has 0 spiro atoms. The molecule has 20 heavy (non-hydrogen) atoms. The van der Waals surface area contributed by atoms with Crippen LogP contribution < -0.4 is 10.6 Å². The molecule has 112 valence electrons. The Hall–Kier alpha value is -1.85. The summed E-state index contributed by atoms with van der Waals surface area (Å²) < 4.78 is 5.19. The van der Waals surface area contributed by atoms with Gasteiger partial charge in [-0.1, -0.05) is 0 Å². The molecule has 2 N–H and O–H groups in total. The molecule has 0 aliphatic carbocycles. The van der Waals surface area contributed by atoms with Gasteiger partial charge in [-0.05, 0) is 47.1 Å². The summed E-state index contributed by atoms with van der Waals surface area (Å²) in [5.41, 5.74) is 0.444. The van der Waals surface area contributed by atoms with E-state index in [1.165, 1.54) is 0 Å². The van der Waals surface area contributed by atoms with E-state index in [2.05, 4.69) is 20.6 Å². The maximum absolute atomic E-state index is 11.6. The van der Waals surface area contributed by atoms with Crippen LogP contribution in [0.5, 0.6) is 0 Å². The highest BCUT2D eigenvalue weighted by Crippen LogP contribution is 2.07. The van der Waals surface area contributed by atoms with Crippen LogP contribution in [0, 0.1) is 6.92 Å². The SMILES string of the molecule is Cc1ccnc(NCCC(C)NC(=O)OC(C)(C)C)n1. The number of ether oxygens (including phenoxy) is 1. The molecular weight excluding hydrogens is 256 g/mol. The minimum atomic E-state index is -0.475. The Kier molecular flexibility index (Phi) is 5.73. The molecule has 1 unspecified atom stereocenters. The molecule has 0 saturated heterocycles. The minimum absolute atomic E-state index is 0.0159. The second kappa shape index (κ2) is 7.07. The molecule has 6 nitrogen and oxygen atoms in total. The molecule has 1 rings (SSSR count). The van der Waals surface area contributed by atoms with Gasteiger partial charge in [-0.15, -0.1) is 0 Å². The molecule has 1 aromatic heterocycles. The molecule has 1 amide bonds. The molecule has 0 aromatic carbocycles. The van der Waals surface area contributed by atoms with Crippen molar-refractivity contribution in [3.63, 3.8) is 0 Å². The molecule has 0 radical (unpaired) electrons. The molecule has 0 bridgehead atoms. The zero-order chi connectivity index (χ0) is 15.2. The lowest BCUT2D eigenvalue weighted by molar-refractivity contribution is 0.0507. The van der Waals surface area contributed by atoms with Crippen molar-refractivity contribution in [1.29, 1.82) is 0 Å². The zero-order valence-electron chi connectivity index (χ0n) is 12.9. The average molecular weight is 280 g/mol. The maximum atomic E-state index is 11.6. The number of hydrogen-bond acceptors (Lipinski definition) is 5. The normalized spacial score (nSPS) is 12.7.